The van der Waals surface area contributed by atoms with Crippen molar-refractivity contribution in [2.45, 2.75) is 24.9 Å². The third-order valence-corrected chi connectivity index (χ3v) is 6.82. The van der Waals surface area contributed by atoms with Crippen LogP contribution in [0.25, 0.3) is 10.2 Å². The van der Waals surface area contributed by atoms with Crippen molar-refractivity contribution >= 4 is 26.7 Å². The van der Waals surface area contributed by atoms with Gasteiger partial charge in [0.05, 0.1) is 22.9 Å². The summed E-state index contributed by atoms with van der Waals surface area (Å²) < 4.78 is 33.2. The van der Waals surface area contributed by atoms with Gasteiger partial charge in [0.15, 0.2) is 16.8 Å². The number of piperidine rings is 1. The van der Waals surface area contributed by atoms with Gasteiger partial charge in [0.25, 0.3) is 0 Å². The molecule has 8 heteroatoms. The molecular formula is C22H25F2N3O2S. The maximum atomic E-state index is 13.3. The molecule has 160 valence electrons. The van der Waals surface area contributed by atoms with Crippen molar-refractivity contribution in [3.63, 3.8) is 0 Å². The van der Waals surface area contributed by atoms with Gasteiger partial charge in [-0.15, -0.1) is 0 Å². The van der Waals surface area contributed by atoms with E-state index in [1.807, 2.05) is 18.2 Å². The van der Waals surface area contributed by atoms with Gasteiger partial charge in [-0.3, -0.25) is 4.90 Å². The first kappa shape index (κ1) is 21.0. The van der Waals surface area contributed by atoms with Crippen molar-refractivity contribution < 1.29 is 18.6 Å². The SMILES string of the molecule is CN(c1nc2ccccc2s1)C1CCN([C@@H](CO)COc2ccc(F)c(F)c2)CC1. The number of likely N-dealkylation sites (tertiary alicyclic amines) is 1. The molecule has 30 heavy (non-hydrogen) atoms. The van der Waals surface area contributed by atoms with Crippen molar-refractivity contribution in [1.29, 1.82) is 0 Å². The zero-order valence-electron chi connectivity index (χ0n) is 16.8. The maximum absolute atomic E-state index is 13.3. The second kappa shape index (κ2) is 9.24. The minimum Gasteiger partial charge on any atom is -0.492 e. The number of thiazole rings is 1. The van der Waals surface area contributed by atoms with Gasteiger partial charge < -0.3 is 14.7 Å². The highest BCUT2D eigenvalue weighted by Crippen LogP contribution is 2.31. The summed E-state index contributed by atoms with van der Waals surface area (Å²) in [6, 6.07) is 11.8. The number of fused-ring (bicyclic) bond motifs is 1. The molecule has 0 aliphatic carbocycles. The summed E-state index contributed by atoms with van der Waals surface area (Å²) in [5, 5.41) is 10.8. The van der Waals surface area contributed by atoms with Crippen LogP contribution in [0.15, 0.2) is 42.5 Å². The monoisotopic (exact) mass is 433 g/mol. The quantitative estimate of drug-likeness (QED) is 0.612. The van der Waals surface area contributed by atoms with Crippen LogP contribution < -0.4 is 9.64 Å². The van der Waals surface area contributed by atoms with E-state index in [0.717, 1.165) is 48.7 Å². The lowest BCUT2D eigenvalue weighted by molar-refractivity contribution is 0.0642. The summed E-state index contributed by atoms with van der Waals surface area (Å²) in [5.74, 6) is -1.58. The number of ether oxygens (including phenoxy) is 1. The summed E-state index contributed by atoms with van der Waals surface area (Å²) in [5.41, 5.74) is 1.02. The Bertz CT molecular complexity index is 958. The van der Waals surface area contributed by atoms with Crippen LogP contribution in [0.4, 0.5) is 13.9 Å². The molecule has 2 aromatic carbocycles. The first-order chi connectivity index (χ1) is 14.5. The predicted molar refractivity (Wildman–Crippen MR) is 115 cm³/mol. The number of benzene rings is 2. The van der Waals surface area contributed by atoms with Crippen LogP contribution >= 0.6 is 11.3 Å². The standard InChI is InChI=1S/C22H25F2N3O2S/c1-26(22-25-20-4-2-3-5-21(20)30-22)15-8-10-27(11-9-15)16(13-28)14-29-17-6-7-18(23)19(24)12-17/h2-7,12,15-16,28H,8-11,13-14H2,1H3/t16-/m0/s1. The van der Waals surface area contributed by atoms with E-state index < -0.39 is 11.6 Å². The normalized spacial score (nSPS) is 16.7. The Hall–Kier alpha value is -2.29. The number of anilines is 1. The number of rotatable bonds is 7. The van der Waals surface area contributed by atoms with Crippen molar-refractivity contribution in [3.8, 4) is 5.75 Å². The van der Waals surface area contributed by atoms with Gasteiger partial charge in [-0.05, 0) is 37.1 Å². The molecule has 1 atom stereocenters. The summed E-state index contributed by atoms with van der Waals surface area (Å²) in [7, 11) is 2.09. The molecule has 0 unspecified atom stereocenters. The van der Waals surface area contributed by atoms with Crippen molar-refractivity contribution in [2.24, 2.45) is 0 Å². The van der Waals surface area contributed by atoms with Crippen molar-refractivity contribution in [1.82, 2.24) is 9.88 Å². The third-order valence-electron chi connectivity index (χ3n) is 5.69. The molecule has 1 N–H and O–H groups in total. The molecule has 0 saturated carbocycles. The first-order valence-corrected chi connectivity index (χ1v) is 10.9. The summed E-state index contributed by atoms with van der Waals surface area (Å²) in [6.07, 6.45) is 1.90. The maximum Gasteiger partial charge on any atom is 0.186 e. The second-order valence-corrected chi connectivity index (χ2v) is 8.57. The van der Waals surface area contributed by atoms with Gasteiger partial charge in [-0.25, -0.2) is 13.8 Å². The Morgan fingerprint density at radius 3 is 2.67 bits per heavy atom. The van der Waals surface area contributed by atoms with Gasteiger partial charge in [0.2, 0.25) is 0 Å². The number of halogens is 2. The third kappa shape index (κ3) is 4.55. The molecule has 1 saturated heterocycles. The lowest BCUT2D eigenvalue weighted by atomic mass is 10.0. The topological polar surface area (TPSA) is 48.8 Å². The molecular weight excluding hydrogens is 408 g/mol. The minimum atomic E-state index is -0.938. The van der Waals surface area contributed by atoms with Gasteiger partial charge in [-0.2, -0.15) is 0 Å². The van der Waals surface area contributed by atoms with E-state index in [-0.39, 0.29) is 25.0 Å². The molecule has 0 amide bonds. The van der Waals surface area contributed by atoms with E-state index in [1.54, 1.807) is 11.3 Å². The Balaban J connectivity index is 1.32. The van der Waals surface area contributed by atoms with E-state index in [2.05, 4.69) is 22.9 Å². The molecule has 0 bridgehead atoms. The number of para-hydroxylation sites is 1. The molecule has 0 spiro atoms. The molecule has 1 fully saturated rings. The van der Waals surface area contributed by atoms with E-state index in [1.165, 1.54) is 10.8 Å². The largest absolute Gasteiger partial charge is 0.492 e. The summed E-state index contributed by atoms with van der Waals surface area (Å²) >= 11 is 1.70. The number of aliphatic hydroxyl groups excluding tert-OH is 1. The van der Waals surface area contributed by atoms with Crippen LogP contribution in [0.5, 0.6) is 5.75 Å². The fourth-order valence-electron chi connectivity index (χ4n) is 3.84. The number of hydrogen-bond acceptors (Lipinski definition) is 6. The molecule has 1 aromatic heterocycles. The highest BCUT2D eigenvalue weighted by atomic mass is 32.1. The smallest absolute Gasteiger partial charge is 0.186 e. The Labute approximate surface area is 178 Å². The van der Waals surface area contributed by atoms with Crippen LogP contribution in [-0.2, 0) is 0 Å². The van der Waals surface area contributed by atoms with Gasteiger partial charge in [0.1, 0.15) is 12.4 Å². The Kier molecular flexibility index (Phi) is 6.46. The van der Waals surface area contributed by atoms with Crippen LogP contribution in [0.2, 0.25) is 0 Å². The average Bonchev–Trinajstić information content (AvgIpc) is 3.21. The first-order valence-electron chi connectivity index (χ1n) is 10.1. The zero-order chi connectivity index (χ0) is 21.1. The summed E-state index contributed by atoms with van der Waals surface area (Å²) in [6.45, 7) is 1.82. The molecule has 3 aromatic rings. The molecule has 1 aliphatic rings. The van der Waals surface area contributed by atoms with Crippen molar-refractivity contribution in [3.05, 3.63) is 54.1 Å². The minimum absolute atomic E-state index is 0.0535. The predicted octanol–water partition coefficient (Wildman–Crippen LogP) is 3.92. The van der Waals surface area contributed by atoms with E-state index >= 15 is 0 Å². The number of aromatic nitrogens is 1. The van der Waals surface area contributed by atoms with E-state index in [0.29, 0.717) is 6.04 Å². The number of aliphatic hydroxyl groups is 1. The van der Waals surface area contributed by atoms with Gasteiger partial charge in [-0.1, -0.05) is 23.5 Å². The average molecular weight is 434 g/mol. The van der Waals surface area contributed by atoms with E-state index in [9.17, 15) is 13.9 Å². The number of hydrogen-bond donors (Lipinski definition) is 1. The van der Waals surface area contributed by atoms with Gasteiger partial charge in [0, 0.05) is 32.2 Å². The highest BCUT2D eigenvalue weighted by molar-refractivity contribution is 7.22. The van der Waals surface area contributed by atoms with Crippen LogP contribution in [0.1, 0.15) is 12.8 Å². The van der Waals surface area contributed by atoms with Crippen LogP contribution in [-0.4, -0.2) is 60.4 Å². The molecule has 2 heterocycles. The van der Waals surface area contributed by atoms with Crippen LogP contribution in [0, 0.1) is 11.6 Å². The number of nitrogens with zero attached hydrogens (tertiary/aromatic N) is 3. The van der Waals surface area contributed by atoms with Crippen molar-refractivity contribution in [2.75, 3.05) is 38.3 Å². The lowest BCUT2D eigenvalue weighted by Crippen LogP contribution is -2.50. The van der Waals surface area contributed by atoms with E-state index in [4.69, 9.17) is 9.72 Å². The van der Waals surface area contributed by atoms with Gasteiger partial charge >= 0.3 is 0 Å². The Morgan fingerprint density at radius 1 is 1.20 bits per heavy atom. The highest BCUT2D eigenvalue weighted by Gasteiger charge is 2.28. The molecule has 4 rings (SSSR count). The molecule has 5 nitrogen and oxygen atoms in total. The summed E-state index contributed by atoms with van der Waals surface area (Å²) in [4.78, 5) is 9.20. The molecule has 1 aliphatic heterocycles. The lowest BCUT2D eigenvalue weighted by Gasteiger charge is -2.39. The molecule has 0 radical (unpaired) electrons. The fourth-order valence-corrected chi connectivity index (χ4v) is 4.84. The second-order valence-electron chi connectivity index (χ2n) is 7.57. The van der Waals surface area contributed by atoms with Crippen LogP contribution in [0.3, 0.4) is 0 Å². The zero-order valence-corrected chi connectivity index (χ0v) is 17.6. The Morgan fingerprint density at radius 2 is 1.97 bits per heavy atom. The fraction of sp³-hybridized carbons (Fsp3) is 0.409.